The van der Waals surface area contributed by atoms with E-state index >= 15 is 0 Å². The molecule has 1 N–H and O–H groups in total. The number of hydrogen-bond donors (Lipinski definition) is 1. The molecule has 6 nitrogen and oxygen atoms in total. The molecular formula is C26H29N3O3. The van der Waals surface area contributed by atoms with Crippen molar-refractivity contribution in [2.75, 3.05) is 12.0 Å². The van der Waals surface area contributed by atoms with Crippen molar-refractivity contribution in [1.82, 2.24) is 9.88 Å². The van der Waals surface area contributed by atoms with Gasteiger partial charge in [0.1, 0.15) is 17.0 Å². The fourth-order valence-corrected chi connectivity index (χ4v) is 5.20. The van der Waals surface area contributed by atoms with Crippen LogP contribution in [0.15, 0.2) is 48.5 Å². The lowest BCUT2D eigenvalue weighted by atomic mass is 9.92. The van der Waals surface area contributed by atoms with Crippen LogP contribution in [-0.4, -0.2) is 35.1 Å². The molecule has 2 amide bonds. The fourth-order valence-electron chi connectivity index (χ4n) is 5.20. The third kappa shape index (κ3) is 3.17. The molecule has 2 aromatic carbocycles. The summed E-state index contributed by atoms with van der Waals surface area (Å²) in [6.45, 7) is 4.24. The van der Waals surface area contributed by atoms with Crippen molar-refractivity contribution in [3.63, 3.8) is 0 Å². The fraction of sp³-hybridized carbons (Fsp3) is 0.385. The van der Waals surface area contributed by atoms with Gasteiger partial charge in [-0.15, -0.1) is 0 Å². The number of anilines is 1. The van der Waals surface area contributed by atoms with Crippen LogP contribution in [0.3, 0.4) is 0 Å². The van der Waals surface area contributed by atoms with E-state index in [1.807, 2.05) is 66.9 Å². The van der Waals surface area contributed by atoms with Crippen molar-refractivity contribution in [2.45, 2.75) is 57.7 Å². The molecule has 3 aromatic rings. The summed E-state index contributed by atoms with van der Waals surface area (Å²) in [5.41, 5.74) is 2.16. The number of ether oxygens (including phenoxy) is 1. The number of aryl methyl sites for hydroxylation is 1. The van der Waals surface area contributed by atoms with Crippen LogP contribution in [-0.2, 0) is 11.3 Å². The van der Waals surface area contributed by atoms with E-state index in [0.29, 0.717) is 12.2 Å². The van der Waals surface area contributed by atoms with E-state index in [1.54, 1.807) is 12.0 Å². The normalized spacial score (nSPS) is 21.1. The van der Waals surface area contributed by atoms with Crippen LogP contribution in [0.5, 0.6) is 5.75 Å². The van der Waals surface area contributed by atoms with Gasteiger partial charge in [-0.2, -0.15) is 0 Å². The predicted molar refractivity (Wildman–Crippen MR) is 125 cm³/mol. The number of hydrogen-bond acceptors (Lipinski definition) is 3. The van der Waals surface area contributed by atoms with Crippen LogP contribution in [0.4, 0.5) is 5.69 Å². The van der Waals surface area contributed by atoms with Gasteiger partial charge in [-0.3, -0.25) is 14.5 Å². The first-order valence-corrected chi connectivity index (χ1v) is 11.3. The minimum absolute atomic E-state index is 0.101. The van der Waals surface area contributed by atoms with E-state index in [2.05, 4.69) is 5.32 Å². The van der Waals surface area contributed by atoms with Crippen molar-refractivity contribution in [2.24, 2.45) is 0 Å². The molecule has 1 aliphatic heterocycles. The second-order valence-electron chi connectivity index (χ2n) is 9.20. The van der Waals surface area contributed by atoms with E-state index in [-0.39, 0.29) is 17.9 Å². The number of nitrogens with zero attached hydrogens (tertiary/aromatic N) is 2. The average molecular weight is 432 g/mol. The number of carbonyl (C=O) groups excluding carboxylic acids is 2. The average Bonchev–Trinajstić information content (AvgIpc) is 3.42. The summed E-state index contributed by atoms with van der Waals surface area (Å²) in [4.78, 5) is 29.4. The minimum atomic E-state index is -1.06. The molecule has 166 valence electrons. The first-order chi connectivity index (χ1) is 15.4. The molecule has 0 saturated heterocycles. The maximum Gasteiger partial charge on any atom is 0.275 e. The number of para-hydroxylation sites is 1. The zero-order chi connectivity index (χ0) is 22.5. The van der Waals surface area contributed by atoms with Crippen LogP contribution < -0.4 is 15.0 Å². The third-order valence-corrected chi connectivity index (χ3v) is 7.03. The Morgan fingerprint density at radius 2 is 1.88 bits per heavy atom. The highest BCUT2D eigenvalue weighted by molar-refractivity contribution is 6.14. The van der Waals surface area contributed by atoms with Crippen molar-refractivity contribution in [3.05, 3.63) is 59.8 Å². The molecule has 32 heavy (non-hydrogen) atoms. The van der Waals surface area contributed by atoms with Crippen LogP contribution in [0.2, 0.25) is 0 Å². The number of carbonyl (C=O) groups is 2. The topological polar surface area (TPSA) is 63.6 Å². The van der Waals surface area contributed by atoms with Gasteiger partial charge >= 0.3 is 0 Å². The summed E-state index contributed by atoms with van der Waals surface area (Å²) in [6, 6.07) is 15.7. The van der Waals surface area contributed by atoms with Crippen LogP contribution >= 0.6 is 0 Å². The number of methoxy groups -OCH3 is 1. The van der Waals surface area contributed by atoms with Crippen molar-refractivity contribution in [1.29, 1.82) is 0 Å². The Hall–Kier alpha value is -3.28. The Bertz CT molecular complexity index is 1210. The maximum absolute atomic E-state index is 13.9. The zero-order valence-corrected chi connectivity index (χ0v) is 18.9. The second-order valence-corrected chi connectivity index (χ2v) is 9.20. The molecule has 1 aromatic heterocycles. The Morgan fingerprint density at radius 3 is 2.59 bits per heavy atom. The molecule has 1 fully saturated rings. The highest BCUT2D eigenvalue weighted by Crippen LogP contribution is 2.38. The zero-order valence-electron chi connectivity index (χ0n) is 18.9. The van der Waals surface area contributed by atoms with Crippen molar-refractivity contribution >= 4 is 28.4 Å². The van der Waals surface area contributed by atoms with E-state index in [9.17, 15) is 9.59 Å². The molecule has 1 saturated carbocycles. The highest BCUT2D eigenvalue weighted by atomic mass is 16.5. The monoisotopic (exact) mass is 431 g/mol. The van der Waals surface area contributed by atoms with Crippen LogP contribution in [0.25, 0.3) is 10.9 Å². The lowest BCUT2D eigenvalue weighted by Gasteiger charge is -2.45. The summed E-state index contributed by atoms with van der Waals surface area (Å²) in [6.07, 6.45) is 4.26. The predicted octanol–water partition coefficient (Wildman–Crippen LogP) is 4.44. The molecule has 1 atom stereocenters. The van der Waals surface area contributed by atoms with E-state index in [4.69, 9.17) is 4.74 Å². The van der Waals surface area contributed by atoms with Gasteiger partial charge in [0.2, 0.25) is 5.91 Å². The standard InChI is InChI=1S/C26H29N3O3/c1-17-8-4-7-11-21(17)29-24(30)23-14-18-12-13-20(32-3)15-22(18)28(23)16-26(29,2)25(31)27-19-9-5-6-10-19/h4,7-8,11-15,19H,5-6,9-10,16H2,1-3H3,(H,27,31). The maximum atomic E-state index is 13.9. The number of amides is 2. The summed E-state index contributed by atoms with van der Waals surface area (Å²) in [5, 5.41) is 4.21. The third-order valence-electron chi connectivity index (χ3n) is 7.03. The molecule has 1 aliphatic carbocycles. The van der Waals surface area contributed by atoms with Gasteiger partial charge < -0.3 is 14.6 Å². The Morgan fingerprint density at radius 1 is 1.12 bits per heavy atom. The Labute approximate surface area is 188 Å². The van der Waals surface area contributed by atoms with Gasteiger partial charge in [0.25, 0.3) is 5.91 Å². The molecule has 0 bridgehead atoms. The molecule has 0 radical (unpaired) electrons. The van der Waals surface area contributed by atoms with E-state index in [1.165, 1.54) is 0 Å². The molecular weight excluding hydrogens is 402 g/mol. The summed E-state index contributed by atoms with van der Waals surface area (Å²) >= 11 is 0. The molecule has 0 spiro atoms. The Kier molecular flexibility index (Phi) is 4.96. The highest BCUT2D eigenvalue weighted by Gasteiger charge is 2.49. The van der Waals surface area contributed by atoms with Gasteiger partial charge in [-0.25, -0.2) is 0 Å². The van der Waals surface area contributed by atoms with Gasteiger partial charge in [0, 0.05) is 23.2 Å². The van der Waals surface area contributed by atoms with Crippen molar-refractivity contribution < 1.29 is 14.3 Å². The molecule has 6 heteroatoms. The number of fused-ring (bicyclic) bond motifs is 3. The quantitative estimate of drug-likeness (QED) is 0.664. The van der Waals surface area contributed by atoms with Gasteiger partial charge in [0.15, 0.2) is 0 Å². The van der Waals surface area contributed by atoms with E-state index in [0.717, 1.165) is 53.6 Å². The molecule has 2 aliphatic rings. The SMILES string of the molecule is COc1ccc2cc3n(c2c1)CC(C)(C(=O)NC1CCCC1)N(c1ccccc1C)C3=O. The molecule has 5 rings (SSSR count). The Balaban J connectivity index is 1.66. The second kappa shape index (κ2) is 7.69. The summed E-state index contributed by atoms with van der Waals surface area (Å²) in [7, 11) is 1.63. The number of aromatic nitrogens is 1. The first kappa shape index (κ1) is 20.6. The smallest absolute Gasteiger partial charge is 0.275 e. The van der Waals surface area contributed by atoms with Crippen LogP contribution in [0, 0.1) is 6.92 Å². The van der Waals surface area contributed by atoms with Gasteiger partial charge in [0.05, 0.1) is 19.2 Å². The lowest BCUT2D eigenvalue weighted by Crippen LogP contribution is -2.65. The van der Waals surface area contributed by atoms with Gasteiger partial charge in [-0.1, -0.05) is 31.0 Å². The number of rotatable bonds is 4. The van der Waals surface area contributed by atoms with Gasteiger partial charge in [-0.05, 0) is 56.5 Å². The number of nitrogens with one attached hydrogen (secondary N) is 1. The number of benzene rings is 2. The van der Waals surface area contributed by atoms with Crippen LogP contribution in [0.1, 0.15) is 48.7 Å². The van der Waals surface area contributed by atoms with Crippen molar-refractivity contribution in [3.8, 4) is 5.75 Å². The summed E-state index contributed by atoms with van der Waals surface area (Å²) in [5.74, 6) is 0.463. The first-order valence-electron chi connectivity index (χ1n) is 11.3. The lowest BCUT2D eigenvalue weighted by molar-refractivity contribution is -0.127. The molecule has 2 heterocycles. The summed E-state index contributed by atoms with van der Waals surface area (Å²) < 4.78 is 7.39. The van der Waals surface area contributed by atoms with E-state index < -0.39 is 5.54 Å². The molecule has 1 unspecified atom stereocenters. The minimum Gasteiger partial charge on any atom is -0.497 e. The largest absolute Gasteiger partial charge is 0.497 e.